The van der Waals surface area contributed by atoms with E-state index in [0.29, 0.717) is 17.0 Å². The van der Waals surface area contributed by atoms with Crippen LogP contribution in [-0.4, -0.2) is 32.9 Å². The Kier molecular flexibility index (Phi) is 3.42. The Morgan fingerprint density at radius 1 is 1.14 bits per heavy atom. The molecule has 104 valence electrons. The first-order valence-electron chi connectivity index (χ1n) is 6.30. The van der Waals surface area contributed by atoms with E-state index in [1.54, 1.807) is 12.3 Å². The van der Waals surface area contributed by atoms with E-state index in [2.05, 4.69) is 15.3 Å². The fourth-order valence-corrected chi connectivity index (χ4v) is 2.02. The molecule has 0 amide bonds. The number of aromatic nitrogens is 4. The van der Waals surface area contributed by atoms with E-state index in [-0.39, 0.29) is 5.78 Å². The highest BCUT2D eigenvalue weighted by atomic mass is 16.5. The van der Waals surface area contributed by atoms with Gasteiger partial charge in [0.1, 0.15) is 11.4 Å². The second-order valence-electron chi connectivity index (χ2n) is 4.27. The number of hydrogen-bond donors (Lipinski definition) is 0. The van der Waals surface area contributed by atoms with Crippen LogP contribution in [-0.2, 0) is 0 Å². The average molecular weight is 280 g/mol. The number of carbonyl (C=O) groups is 1. The molecule has 6 nitrogen and oxygen atoms in total. The summed E-state index contributed by atoms with van der Waals surface area (Å²) in [5.41, 5.74) is 1.56. The van der Waals surface area contributed by atoms with Crippen LogP contribution in [0.3, 0.4) is 0 Å². The zero-order valence-electron chi connectivity index (χ0n) is 11.3. The van der Waals surface area contributed by atoms with Gasteiger partial charge in [-0.05, 0) is 18.2 Å². The first-order valence-corrected chi connectivity index (χ1v) is 6.30. The van der Waals surface area contributed by atoms with Crippen LogP contribution in [0.5, 0.6) is 5.75 Å². The van der Waals surface area contributed by atoms with Crippen molar-refractivity contribution in [1.82, 2.24) is 20.0 Å². The summed E-state index contributed by atoms with van der Waals surface area (Å²) in [7, 11) is 1.50. The van der Waals surface area contributed by atoms with Crippen LogP contribution in [0, 0.1) is 0 Å². The molecule has 0 aliphatic rings. The van der Waals surface area contributed by atoms with E-state index < -0.39 is 0 Å². The fraction of sp³-hybridized carbons (Fsp3) is 0.0667. The third-order valence-electron chi connectivity index (χ3n) is 3.03. The minimum atomic E-state index is -0.219. The number of carbonyl (C=O) groups excluding carboxylic acids is 1. The Hall–Kier alpha value is -3.02. The molecule has 0 saturated carbocycles. The highest BCUT2D eigenvalue weighted by Gasteiger charge is 2.19. The van der Waals surface area contributed by atoms with E-state index in [1.807, 2.05) is 30.3 Å². The van der Waals surface area contributed by atoms with Crippen molar-refractivity contribution < 1.29 is 9.53 Å². The van der Waals surface area contributed by atoms with Gasteiger partial charge in [-0.15, -0.1) is 5.10 Å². The van der Waals surface area contributed by atoms with Crippen molar-refractivity contribution in [2.75, 3.05) is 7.11 Å². The maximum atomic E-state index is 12.7. The molecule has 0 unspecified atom stereocenters. The van der Waals surface area contributed by atoms with E-state index in [9.17, 15) is 4.79 Å². The Morgan fingerprint density at radius 3 is 2.71 bits per heavy atom. The predicted octanol–water partition coefficient (Wildman–Crippen LogP) is 1.90. The summed E-state index contributed by atoms with van der Waals surface area (Å²) in [6.07, 6.45) is 4.49. The number of nitrogens with zero attached hydrogens (tertiary/aromatic N) is 4. The van der Waals surface area contributed by atoms with Crippen LogP contribution in [0.4, 0.5) is 0 Å². The second kappa shape index (κ2) is 5.54. The number of ether oxygens (including phenoxy) is 1. The van der Waals surface area contributed by atoms with E-state index in [1.165, 1.54) is 24.2 Å². The molecule has 0 spiro atoms. The Bertz CT molecular complexity index is 768. The zero-order valence-corrected chi connectivity index (χ0v) is 11.3. The van der Waals surface area contributed by atoms with Gasteiger partial charge in [-0.1, -0.05) is 23.4 Å². The molecule has 0 atom stereocenters. The molecule has 2 aromatic heterocycles. The SMILES string of the molecule is COc1cnccc1C(=O)c1cnnn1-c1ccccc1. The molecule has 0 fully saturated rings. The molecular weight excluding hydrogens is 268 g/mol. The van der Waals surface area contributed by atoms with E-state index >= 15 is 0 Å². The average Bonchev–Trinajstić information content (AvgIpc) is 3.04. The largest absolute Gasteiger partial charge is 0.494 e. The molecule has 0 radical (unpaired) electrons. The lowest BCUT2D eigenvalue weighted by Gasteiger charge is -2.08. The van der Waals surface area contributed by atoms with Crippen molar-refractivity contribution in [2.24, 2.45) is 0 Å². The molecular formula is C15H12N4O2. The van der Waals surface area contributed by atoms with E-state index in [0.717, 1.165) is 5.69 Å². The Morgan fingerprint density at radius 2 is 1.95 bits per heavy atom. The molecule has 6 heteroatoms. The van der Waals surface area contributed by atoms with Crippen molar-refractivity contribution >= 4 is 5.78 Å². The summed E-state index contributed by atoms with van der Waals surface area (Å²) in [5, 5.41) is 7.81. The topological polar surface area (TPSA) is 69.9 Å². The second-order valence-corrected chi connectivity index (χ2v) is 4.27. The first kappa shape index (κ1) is 13.0. The van der Waals surface area contributed by atoms with Gasteiger partial charge in [-0.25, -0.2) is 4.68 Å². The summed E-state index contributed by atoms with van der Waals surface area (Å²) >= 11 is 0. The predicted molar refractivity (Wildman–Crippen MR) is 75.6 cm³/mol. The minimum Gasteiger partial charge on any atom is -0.494 e. The monoisotopic (exact) mass is 280 g/mol. The lowest BCUT2D eigenvalue weighted by atomic mass is 10.1. The van der Waals surface area contributed by atoms with Gasteiger partial charge in [0.05, 0.1) is 30.8 Å². The molecule has 3 rings (SSSR count). The summed E-state index contributed by atoms with van der Waals surface area (Å²) < 4.78 is 6.68. The van der Waals surface area contributed by atoms with Crippen LogP contribution < -0.4 is 4.74 Å². The number of para-hydroxylation sites is 1. The fourth-order valence-electron chi connectivity index (χ4n) is 2.02. The van der Waals surface area contributed by atoms with Crippen LogP contribution in [0.2, 0.25) is 0 Å². The number of rotatable bonds is 4. The van der Waals surface area contributed by atoms with Crippen molar-refractivity contribution in [1.29, 1.82) is 0 Å². The van der Waals surface area contributed by atoms with Crippen molar-refractivity contribution in [2.45, 2.75) is 0 Å². The first-order chi connectivity index (χ1) is 10.3. The molecule has 0 saturated heterocycles. The third-order valence-corrected chi connectivity index (χ3v) is 3.03. The number of benzene rings is 1. The van der Waals surface area contributed by atoms with Crippen molar-refractivity contribution in [3.05, 3.63) is 66.2 Å². The van der Waals surface area contributed by atoms with E-state index in [4.69, 9.17) is 4.74 Å². The zero-order chi connectivity index (χ0) is 14.7. The molecule has 3 aromatic rings. The molecule has 0 bridgehead atoms. The summed E-state index contributed by atoms with van der Waals surface area (Å²) in [5.74, 6) is 0.200. The van der Waals surface area contributed by atoms with Crippen LogP contribution in [0.15, 0.2) is 55.0 Å². The van der Waals surface area contributed by atoms with Gasteiger partial charge in [0.25, 0.3) is 0 Å². The summed E-state index contributed by atoms with van der Waals surface area (Å²) in [4.78, 5) is 16.6. The Balaban J connectivity index is 2.06. The summed E-state index contributed by atoms with van der Waals surface area (Å²) in [6, 6.07) is 11.0. The molecule has 0 aliphatic carbocycles. The number of pyridine rings is 1. The van der Waals surface area contributed by atoms with Crippen LogP contribution >= 0.6 is 0 Å². The molecule has 0 aliphatic heterocycles. The van der Waals surface area contributed by atoms with Gasteiger partial charge in [-0.3, -0.25) is 9.78 Å². The minimum absolute atomic E-state index is 0.219. The van der Waals surface area contributed by atoms with Gasteiger partial charge < -0.3 is 4.74 Å². The van der Waals surface area contributed by atoms with Gasteiger partial charge in [0, 0.05) is 6.20 Å². The summed E-state index contributed by atoms with van der Waals surface area (Å²) in [6.45, 7) is 0. The molecule has 1 aromatic carbocycles. The smallest absolute Gasteiger partial charge is 0.216 e. The van der Waals surface area contributed by atoms with Crippen molar-refractivity contribution in [3.8, 4) is 11.4 Å². The normalized spacial score (nSPS) is 10.3. The van der Waals surface area contributed by atoms with Gasteiger partial charge in [-0.2, -0.15) is 0 Å². The Labute approximate surface area is 121 Å². The van der Waals surface area contributed by atoms with Crippen molar-refractivity contribution in [3.63, 3.8) is 0 Å². The van der Waals surface area contributed by atoms with Gasteiger partial charge in [0.2, 0.25) is 5.78 Å². The third kappa shape index (κ3) is 2.38. The van der Waals surface area contributed by atoms with Crippen LogP contribution in [0.25, 0.3) is 5.69 Å². The lowest BCUT2D eigenvalue weighted by Crippen LogP contribution is -2.11. The standard InChI is InChI=1S/C15H12N4O2/c1-21-14-10-16-8-7-12(14)15(20)13-9-17-18-19(13)11-5-3-2-4-6-11/h2-10H,1H3. The molecule has 21 heavy (non-hydrogen) atoms. The molecule has 2 heterocycles. The maximum Gasteiger partial charge on any atom is 0.216 e. The van der Waals surface area contributed by atoms with Gasteiger partial charge in [0.15, 0.2) is 0 Å². The highest BCUT2D eigenvalue weighted by molar-refractivity contribution is 6.09. The lowest BCUT2D eigenvalue weighted by molar-refractivity contribution is 0.102. The highest BCUT2D eigenvalue weighted by Crippen LogP contribution is 2.20. The number of hydrogen-bond acceptors (Lipinski definition) is 5. The van der Waals surface area contributed by atoms with Crippen LogP contribution in [0.1, 0.15) is 16.1 Å². The number of ketones is 1. The maximum absolute atomic E-state index is 12.7. The van der Waals surface area contributed by atoms with Gasteiger partial charge >= 0.3 is 0 Å². The number of methoxy groups -OCH3 is 1. The quantitative estimate of drug-likeness (QED) is 0.683. The molecule has 0 N–H and O–H groups in total.